The number of ether oxygens (including phenoxy) is 1. The Morgan fingerprint density at radius 1 is 1.21 bits per heavy atom. The molecule has 5 rings (SSSR count). The van der Waals surface area contributed by atoms with Gasteiger partial charge in [-0.2, -0.15) is 5.10 Å². The molecule has 10 nitrogen and oxygen atoms in total. The lowest BCUT2D eigenvalue weighted by Crippen LogP contribution is -2.38. The molecule has 29 heavy (non-hydrogen) atoms. The first kappa shape index (κ1) is 18.1. The van der Waals surface area contributed by atoms with Crippen molar-refractivity contribution >= 4 is 16.9 Å². The van der Waals surface area contributed by atoms with Crippen LogP contribution in [-0.4, -0.2) is 71.4 Å². The SMILES string of the molecule is CCCn1c(=O)c2[nH]c(-c3cnn(CCN4CCOCC4)c3)nc2n2ccnc12. The van der Waals surface area contributed by atoms with Gasteiger partial charge in [0.1, 0.15) is 5.82 Å². The molecule has 1 fully saturated rings. The Hall–Kier alpha value is -2.98. The Morgan fingerprint density at radius 3 is 2.90 bits per heavy atom. The first-order valence-corrected chi connectivity index (χ1v) is 10.0. The van der Waals surface area contributed by atoms with Gasteiger partial charge in [-0.15, -0.1) is 0 Å². The second-order valence-electron chi connectivity index (χ2n) is 7.28. The number of rotatable bonds is 6. The summed E-state index contributed by atoms with van der Waals surface area (Å²) in [5.41, 5.74) is 1.84. The van der Waals surface area contributed by atoms with Crippen molar-refractivity contribution in [2.24, 2.45) is 0 Å². The van der Waals surface area contributed by atoms with Crippen LogP contribution in [0.5, 0.6) is 0 Å². The van der Waals surface area contributed by atoms with Crippen molar-refractivity contribution in [1.29, 1.82) is 0 Å². The molecule has 0 amide bonds. The zero-order valence-electron chi connectivity index (χ0n) is 16.4. The van der Waals surface area contributed by atoms with Crippen LogP contribution in [0.4, 0.5) is 0 Å². The first-order chi connectivity index (χ1) is 14.2. The molecule has 1 aliphatic heterocycles. The third-order valence-electron chi connectivity index (χ3n) is 5.34. The number of morpholine rings is 1. The Morgan fingerprint density at radius 2 is 2.07 bits per heavy atom. The van der Waals surface area contributed by atoms with Gasteiger partial charge in [0.2, 0.25) is 5.78 Å². The molecule has 0 radical (unpaired) electrons. The summed E-state index contributed by atoms with van der Waals surface area (Å²) < 4.78 is 10.9. The standard InChI is InChI=1S/C19H24N8O2/c1-2-4-27-18(28)15-17(26-5-3-20-19(26)27)23-16(22-15)14-12-21-25(13-14)7-6-24-8-10-29-11-9-24/h3,5,12-13H,2,4,6-11H2,1H3,(H,22,23). The van der Waals surface area contributed by atoms with Crippen LogP contribution in [0, 0.1) is 0 Å². The largest absolute Gasteiger partial charge is 0.379 e. The van der Waals surface area contributed by atoms with Crippen molar-refractivity contribution in [3.8, 4) is 11.4 Å². The monoisotopic (exact) mass is 396 g/mol. The number of H-pyrrole nitrogens is 1. The average molecular weight is 396 g/mol. The zero-order chi connectivity index (χ0) is 19.8. The molecule has 4 aromatic heterocycles. The van der Waals surface area contributed by atoms with Crippen LogP contribution in [0.2, 0.25) is 0 Å². The highest BCUT2D eigenvalue weighted by molar-refractivity contribution is 5.77. The molecule has 0 aliphatic carbocycles. The molecular formula is C19H24N8O2. The summed E-state index contributed by atoms with van der Waals surface area (Å²) in [6.45, 7) is 7.90. The predicted octanol–water partition coefficient (Wildman–Crippen LogP) is 0.978. The maximum absolute atomic E-state index is 13.0. The summed E-state index contributed by atoms with van der Waals surface area (Å²) in [5, 5.41) is 4.47. The summed E-state index contributed by atoms with van der Waals surface area (Å²) in [7, 11) is 0. The Bertz CT molecular complexity index is 1190. The third-order valence-corrected chi connectivity index (χ3v) is 5.34. The van der Waals surface area contributed by atoms with E-state index in [4.69, 9.17) is 4.74 Å². The van der Waals surface area contributed by atoms with Gasteiger partial charge in [-0.3, -0.25) is 23.3 Å². The molecule has 0 bridgehead atoms. The number of aromatic nitrogens is 7. The quantitative estimate of drug-likeness (QED) is 0.522. The molecule has 0 aromatic carbocycles. The number of nitrogens with zero attached hydrogens (tertiary/aromatic N) is 7. The smallest absolute Gasteiger partial charge is 0.280 e. The van der Waals surface area contributed by atoms with E-state index in [1.807, 2.05) is 28.4 Å². The van der Waals surface area contributed by atoms with Gasteiger partial charge in [-0.1, -0.05) is 6.92 Å². The molecule has 0 atom stereocenters. The number of imidazole rings is 2. The molecule has 5 heterocycles. The molecule has 0 saturated carbocycles. The van der Waals surface area contributed by atoms with E-state index in [2.05, 4.69) is 25.0 Å². The molecule has 0 unspecified atom stereocenters. The van der Waals surface area contributed by atoms with E-state index < -0.39 is 0 Å². The van der Waals surface area contributed by atoms with E-state index in [9.17, 15) is 4.79 Å². The van der Waals surface area contributed by atoms with Gasteiger partial charge in [-0.05, 0) is 6.42 Å². The van der Waals surface area contributed by atoms with Gasteiger partial charge >= 0.3 is 0 Å². The van der Waals surface area contributed by atoms with Crippen LogP contribution >= 0.6 is 0 Å². The van der Waals surface area contributed by atoms with Crippen molar-refractivity contribution in [2.45, 2.75) is 26.4 Å². The van der Waals surface area contributed by atoms with Crippen LogP contribution in [0.15, 0.2) is 29.6 Å². The molecule has 4 aromatic rings. The minimum absolute atomic E-state index is 0.0981. The van der Waals surface area contributed by atoms with Gasteiger partial charge in [0.05, 0.1) is 31.5 Å². The third kappa shape index (κ3) is 3.23. The Labute approximate surface area is 166 Å². The van der Waals surface area contributed by atoms with E-state index in [0.717, 1.165) is 51.4 Å². The second-order valence-corrected chi connectivity index (χ2v) is 7.28. The summed E-state index contributed by atoms with van der Waals surface area (Å²) in [5.74, 6) is 1.25. The lowest BCUT2D eigenvalue weighted by atomic mass is 10.3. The van der Waals surface area contributed by atoms with Gasteiger partial charge in [0, 0.05) is 44.8 Å². The van der Waals surface area contributed by atoms with Gasteiger partial charge in [0.15, 0.2) is 11.2 Å². The maximum atomic E-state index is 13.0. The molecule has 152 valence electrons. The van der Waals surface area contributed by atoms with Crippen LogP contribution in [0.3, 0.4) is 0 Å². The number of aromatic amines is 1. The molecule has 10 heteroatoms. The predicted molar refractivity (Wildman–Crippen MR) is 108 cm³/mol. The fourth-order valence-electron chi connectivity index (χ4n) is 3.81. The van der Waals surface area contributed by atoms with Gasteiger partial charge in [0.25, 0.3) is 5.56 Å². The highest BCUT2D eigenvalue weighted by Crippen LogP contribution is 2.19. The molecule has 1 aliphatic rings. The number of hydrogen-bond donors (Lipinski definition) is 1. The maximum Gasteiger partial charge on any atom is 0.280 e. The highest BCUT2D eigenvalue weighted by atomic mass is 16.5. The highest BCUT2D eigenvalue weighted by Gasteiger charge is 2.17. The number of hydrogen-bond acceptors (Lipinski definition) is 6. The normalized spacial score (nSPS) is 15.6. The fraction of sp³-hybridized carbons (Fsp3) is 0.474. The first-order valence-electron chi connectivity index (χ1n) is 10.0. The number of fused-ring (bicyclic) bond motifs is 3. The number of nitrogens with one attached hydrogen (secondary N) is 1. The van der Waals surface area contributed by atoms with Crippen LogP contribution in [0.25, 0.3) is 28.3 Å². The van der Waals surface area contributed by atoms with Crippen molar-refractivity contribution < 1.29 is 4.74 Å². The minimum Gasteiger partial charge on any atom is -0.379 e. The Kier molecular flexibility index (Phi) is 4.64. The van der Waals surface area contributed by atoms with Gasteiger partial charge in [-0.25, -0.2) is 9.97 Å². The Balaban J connectivity index is 1.46. The molecule has 1 N–H and O–H groups in total. The van der Waals surface area contributed by atoms with Crippen molar-refractivity contribution in [1.82, 2.24) is 38.6 Å². The topological polar surface area (TPSA) is 98.3 Å². The summed E-state index contributed by atoms with van der Waals surface area (Å²) in [4.78, 5) is 27.6. The van der Waals surface area contributed by atoms with E-state index in [1.54, 1.807) is 17.0 Å². The lowest BCUT2D eigenvalue weighted by molar-refractivity contribution is 0.0360. The summed E-state index contributed by atoms with van der Waals surface area (Å²) >= 11 is 0. The number of aryl methyl sites for hydroxylation is 1. The van der Waals surface area contributed by atoms with Crippen molar-refractivity contribution in [3.05, 3.63) is 35.1 Å². The summed E-state index contributed by atoms with van der Waals surface area (Å²) in [6, 6.07) is 0. The minimum atomic E-state index is -0.0981. The van der Waals surface area contributed by atoms with E-state index in [-0.39, 0.29) is 5.56 Å². The van der Waals surface area contributed by atoms with Crippen LogP contribution in [-0.2, 0) is 17.8 Å². The molecule has 1 saturated heterocycles. The van der Waals surface area contributed by atoms with Gasteiger partial charge < -0.3 is 9.72 Å². The fourth-order valence-corrected chi connectivity index (χ4v) is 3.81. The zero-order valence-corrected chi connectivity index (χ0v) is 16.4. The van der Waals surface area contributed by atoms with E-state index >= 15 is 0 Å². The molecular weight excluding hydrogens is 372 g/mol. The van der Waals surface area contributed by atoms with Crippen LogP contribution in [0.1, 0.15) is 13.3 Å². The van der Waals surface area contributed by atoms with Crippen molar-refractivity contribution in [2.75, 3.05) is 32.8 Å². The van der Waals surface area contributed by atoms with Crippen LogP contribution < -0.4 is 5.56 Å². The average Bonchev–Trinajstić information content (AvgIpc) is 3.49. The lowest BCUT2D eigenvalue weighted by Gasteiger charge is -2.26. The van der Waals surface area contributed by atoms with Crippen molar-refractivity contribution in [3.63, 3.8) is 0 Å². The van der Waals surface area contributed by atoms with E-state index in [0.29, 0.717) is 29.3 Å². The second kappa shape index (κ2) is 7.45. The summed E-state index contributed by atoms with van der Waals surface area (Å²) in [6.07, 6.45) is 8.13. The molecule has 0 spiro atoms. The van der Waals surface area contributed by atoms with E-state index in [1.165, 1.54) is 0 Å².